The van der Waals surface area contributed by atoms with Gasteiger partial charge in [0.25, 0.3) is 0 Å². The molecule has 1 atom stereocenters. The van der Waals surface area contributed by atoms with Gasteiger partial charge < -0.3 is 9.80 Å². The first-order chi connectivity index (χ1) is 13.1. The van der Waals surface area contributed by atoms with Crippen LogP contribution < -0.4 is 4.90 Å². The third kappa shape index (κ3) is 3.72. The Morgan fingerprint density at radius 3 is 2.78 bits per heavy atom. The smallest absolute Gasteiger partial charge is 0.232 e. The third-order valence-corrected chi connectivity index (χ3v) is 5.50. The molecular formula is C22H23FN2O2. The van der Waals surface area contributed by atoms with Crippen LogP contribution in [0.4, 0.5) is 10.1 Å². The number of hydrogen-bond donors (Lipinski definition) is 0. The Kier molecular flexibility index (Phi) is 4.92. The zero-order valence-electron chi connectivity index (χ0n) is 15.2. The fourth-order valence-electron chi connectivity index (χ4n) is 4.08. The summed E-state index contributed by atoms with van der Waals surface area (Å²) >= 11 is 0. The van der Waals surface area contributed by atoms with Gasteiger partial charge in [-0.15, -0.1) is 0 Å². The van der Waals surface area contributed by atoms with Gasteiger partial charge in [-0.25, -0.2) is 4.39 Å². The summed E-state index contributed by atoms with van der Waals surface area (Å²) in [4.78, 5) is 29.0. The van der Waals surface area contributed by atoms with E-state index in [1.54, 1.807) is 15.9 Å². The van der Waals surface area contributed by atoms with E-state index in [0.717, 1.165) is 30.5 Å². The summed E-state index contributed by atoms with van der Waals surface area (Å²) in [6.45, 7) is 1.73. The lowest BCUT2D eigenvalue weighted by atomic mass is 9.99. The van der Waals surface area contributed by atoms with Crippen molar-refractivity contribution in [2.75, 3.05) is 24.5 Å². The Balaban J connectivity index is 1.43. The second-order valence-electron chi connectivity index (χ2n) is 7.34. The highest BCUT2D eigenvalue weighted by Gasteiger charge is 2.37. The molecule has 0 unspecified atom stereocenters. The molecule has 0 bridgehead atoms. The quantitative estimate of drug-likeness (QED) is 0.834. The monoisotopic (exact) mass is 366 g/mol. The van der Waals surface area contributed by atoms with Crippen molar-refractivity contribution in [3.05, 3.63) is 65.5 Å². The van der Waals surface area contributed by atoms with Gasteiger partial charge in [0.15, 0.2) is 0 Å². The minimum absolute atomic E-state index is 0.0156. The molecule has 0 aromatic heterocycles. The van der Waals surface area contributed by atoms with E-state index in [-0.39, 0.29) is 30.0 Å². The summed E-state index contributed by atoms with van der Waals surface area (Å²) in [5.74, 6) is -0.561. The number of likely N-dealkylation sites (tertiary alicyclic amines) is 1. The van der Waals surface area contributed by atoms with Crippen LogP contribution in [0.25, 0.3) is 0 Å². The Labute approximate surface area is 158 Å². The zero-order chi connectivity index (χ0) is 18.8. The molecule has 0 aliphatic carbocycles. The molecule has 5 heteroatoms. The van der Waals surface area contributed by atoms with E-state index in [1.807, 2.05) is 30.3 Å². The highest BCUT2D eigenvalue weighted by Crippen LogP contribution is 2.31. The lowest BCUT2D eigenvalue weighted by Crippen LogP contribution is -2.40. The maximum atomic E-state index is 13.5. The molecule has 2 aliphatic rings. The predicted octanol–water partition coefficient (Wildman–Crippen LogP) is 3.20. The maximum absolute atomic E-state index is 13.5. The topological polar surface area (TPSA) is 40.6 Å². The molecule has 140 valence electrons. The van der Waals surface area contributed by atoms with Gasteiger partial charge in [-0.05, 0) is 48.6 Å². The number of carbonyl (C=O) groups excluding carboxylic acids is 2. The standard InChI is InChI=1S/C22H23FN2O2/c23-19-8-9-20-17(13-19)7-4-11-25(20)22(27)18-14-21(26)24(15-18)12-10-16-5-2-1-3-6-16/h1-3,5-6,8-9,13,18H,4,7,10-12,14-15H2/t18-/m1/s1. The molecule has 2 aromatic carbocycles. The molecule has 4 nitrogen and oxygen atoms in total. The van der Waals surface area contributed by atoms with E-state index < -0.39 is 0 Å². The molecule has 27 heavy (non-hydrogen) atoms. The molecule has 1 fully saturated rings. The van der Waals surface area contributed by atoms with Crippen molar-refractivity contribution in [3.8, 4) is 0 Å². The second-order valence-corrected chi connectivity index (χ2v) is 7.34. The Hall–Kier alpha value is -2.69. The Morgan fingerprint density at radius 2 is 1.96 bits per heavy atom. The molecule has 0 saturated carbocycles. The highest BCUT2D eigenvalue weighted by molar-refractivity contribution is 5.99. The van der Waals surface area contributed by atoms with Crippen LogP contribution in [0.3, 0.4) is 0 Å². The van der Waals surface area contributed by atoms with Crippen LogP contribution in [0.15, 0.2) is 48.5 Å². The van der Waals surface area contributed by atoms with Gasteiger partial charge >= 0.3 is 0 Å². The van der Waals surface area contributed by atoms with Crippen molar-refractivity contribution in [1.29, 1.82) is 0 Å². The summed E-state index contributed by atoms with van der Waals surface area (Å²) in [5, 5.41) is 0. The van der Waals surface area contributed by atoms with E-state index in [1.165, 1.54) is 17.7 Å². The minimum Gasteiger partial charge on any atom is -0.342 e. The second kappa shape index (κ2) is 7.51. The minimum atomic E-state index is -0.315. The van der Waals surface area contributed by atoms with Gasteiger partial charge in [0.2, 0.25) is 11.8 Å². The number of fused-ring (bicyclic) bond motifs is 1. The van der Waals surface area contributed by atoms with Crippen molar-refractivity contribution in [1.82, 2.24) is 4.90 Å². The predicted molar refractivity (Wildman–Crippen MR) is 102 cm³/mol. The average molecular weight is 366 g/mol. The molecule has 0 N–H and O–H groups in total. The van der Waals surface area contributed by atoms with Gasteiger partial charge in [0.1, 0.15) is 5.82 Å². The van der Waals surface area contributed by atoms with Crippen molar-refractivity contribution in [2.45, 2.75) is 25.7 Å². The van der Waals surface area contributed by atoms with Crippen LogP contribution >= 0.6 is 0 Å². The molecule has 0 radical (unpaired) electrons. The van der Waals surface area contributed by atoms with Gasteiger partial charge in [-0.2, -0.15) is 0 Å². The van der Waals surface area contributed by atoms with Crippen molar-refractivity contribution in [2.24, 2.45) is 5.92 Å². The van der Waals surface area contributed by atoms with E-state index >= 15 is 0 Å². The number of amides is 2. The van der Waals surface area contributed by atoms with Crippen molar-refractivity contribution < 1.29 is 14.0 Å². The lowest BCUT2D eigenvalue weighted by molar-refractivity contribution is -0.128. The van der Waals surface area contributed by atoms with Crippen molar-refractivity contribution >= 4 is 17.5 Å². The number of benzene rings is 2. The first-order valence-corrected chi connectivity index (χ1v) is 9.53. The van der Waals surface area contributed by atoms with E-state index in [4.69, 9.17) is 0 Å². The number of hydrogen-bond acceptors (Lipinski definition) is 2. The molecule has 2 aromatic rings. The van der Waals surface area contributed by atoms with E-state index in [2.05, 4.69) is 0 Å². The summed E-state index contributed by atoms with van der Waals surface area (Å²) in [6.07, 6.45) is 2.66. The van der Waals surface area contributed by atoms with Crippen LogP contribution in [-0.4, -0.2) is 36.3 Å². The molecule has 2 aliphatic heterocycles. The highest BCUT2D eigenvalue weighted by atomic mass is 19.1. The molecule has 4 rings (SSSR count). The summed E-state index contributed by atoms with van der Waals surface area (Å²) < 4.78 is 13.5. The number of anilines is 1. The molecular weight excluding hydrogens is 343 g/mol. The maximum Gasteiger partial charge on any atom is 0.232 e. The molecule has 0 spiro atoms. The Morgan fingerprint density at radius 1 is 1.15 bits per heavy atom. The SMILES string of the molecule is O=C1C[C@@H](C(=O)N2CCCc3cc(F)ccc32)CN1CCc1ccccc1. The van der Waals surface area contributed by atoms with Crippen LogP contribution in [0.5, 0.6) is 0 Å². The number of halogens is 1. The molecule has 2 amide bonds. The fraction of sp³-hybridized carbons (Fsp3) is 0.364. The van der Waals surface area contributed by atoms with Crippen LogP contribution in [0.1, 0.15) is 24.0 Å². The van der Waals surface area contributed by atoms with E-state index in [0.29, 0.717) is 19.6 Å². The van der Waals surface area contributed by atoms with Crippen LogP contribution in [0, 0.1) is 11.7 Å². The first-order valence-electron chi connectivity index (χ1n) is 9.53. The number of rotatable bonds is 4. The number of carbonyl (C=O) groups is 2. The summed E-state index contributed by atoms with van der Waals surface area (Å²) in [7, 11) is 0. The van der Waals surface area contributed by atoms with Gasteiger partial charge in [-0.1, -0.05) is 30.3 Å². The van der Waals surface area contributed by atoms with Crippen molar-refractivity contribution in [3.63, 3.8) is 0 Å². The summed E-state index contributed by atoms with van der Waals surface area (Å²) in [5.41, 5.74) is 2.86. The van der Waals surface area contributed by atoms with Crippen LogP contribution in [-0.2, 0) is 22.4 Å². The molecule has 2 heterocycles. The fourth-order valence-corrected chi connectivity index (χ4v) is 4.08. The largest absolute Gasteiger partial charge is 0.342 e. The van der Waals surface area contributed by atoms with Crippen LogP contribution in [0.2, 0.25) is 0 Å². The van der Waals surface area contributed by atoms with Gasteiger partial charge in [0.05, 0.1) is 5.92 Å². The average Bonchev–Trinajstić information content (AvgIpc) is 3.06. The first kappa shape index (κ1) is 17.7. The molecule has 1 saturated heterocycles. The Bertz CT molecular complexity index is 853. The lowest BCUT2D eigenvalue weighted by Gasteiger charge is -2.31. The van der Waals surface area contributed by atoms with Gasteiger partial charge in [0, 0.05) is 31.7 Å². The summed E-state index contributed by atoms with van der Waals surface area (Å²) in [6, 6.07) is 14.7. The normalized spacial score (nSPS) is 19.3. The number of nitrogens with zero attached hydrogens (tertiary/aromatic N) is 2. The number of aryl methyl sites for hydroxylation is 1. The van der Waals surface area contributed by atoms with E-state index in [9.17, 15) is 14.0 Å². The van der Waals surface area contributed by atoms with Gasteiger partial charge in [-0.3, -0.25) is 9.59 Å². The third-order valence-electron chi connectivity index (χ3n) is 5.50. The zero-order valence-corrected chi connectivity index (χ0v) is 15.2.